The second-order valence-electron chi connectivity index (χ2n) is 10.1. The van der Waals surface area contributed by atoms with Crippen LogP contribution in [0.5, 0.6) is 0 Å². The summed E-state index contributed by atoms with van der Waals surface area (Å²) in [7, 11) is 0. The standard InChI is InChI=1S/C31H26NO.Ir/c1-18-10-8-11-19(2)25(18)22-14-9-15-24-26(22)23-17-16-20-12-6-7-13-21(20)27(23)29-28(24)32-30(33-29)31(3,4)5;/h6-14,16-17H,1-5H3;/q-1;. The van der Waals surface area contributed by atoms with Crippen LogP contribution in [0.4, 0.5) is 0 Å². The maximum Gasteiger partial charge on any atom is 0.190 e. The SMILES string of the molecule is Cc1cccc(C)c1-c1cc[c-]c2c3nc(C(C)(C)C)oc3c3c4ccccc4ccc3c12.[Ir]. The molecule has 6 rings (SSSR count). The van der Waals surface area contributed by atoms with Gasteiger partial charge in [-0.05, 0) is 46.7 Å². The van der Waals surface area contributed by atoms with Gasteiger partial charge < -0.3 is 4.42 Å². The monoisotopic (exact) mass is 621 g/mol. The molecule has 34 heavy (non-hydrogen) atoms. The van der Waals surface area contributed by atoms with Crippen LogP contribution in [0.2, 0.25) is 0 Å². The summed E-state index contributed by atoms with van der Waals surface area (Å²) in [6.07, 6.45) is 0. The fraction of sp³-hybridized carbons (Fsp3) is 0.194. The van der Waals surface area contributed by atoms with E-state index in [1.165, 1.54) is 43.8 Å². The zero-order chi connectivity index (χ0) is 22.9. The maximum atomic E-state index is 6.52. The number of aromatic nitrogens is 1. The first-order chi connectivity index (χ1) is 15.8. The van der Waals surface area contributed by atoms with Gasteiger partial charge in [-0.3, -0.25) is 4.98 Å². The molecule has 0 saturated heterocycles. The van der Waals surface area contributed by atoms with Gasteiger partial charge in [0.05, 0.1) is 0 Å². The number of fused-ring (bicyclic) bond motifs is 8. The Balaban J connectivity index is 0.00000241. The van der Waals surface area contributed by atoms with Crippen LogP contribution in [-0.2, 0) is 25.5 Å². The summed E-state index contributed by atoms with van der Waals surface area (Å²) in [5.74, 6) is 0.755. The van der Waals surface area contributed by atoms with Crippen molar-refractivity contribution >= 4 is 43.4 Å². The summed E-state index contributed by atoms with van der Waals surface area (Å²) in [6, 6.07) is 27.2. The van der Waals surface area contributed by atoms with Gasteiger partial charge in [-0.25, -0.2) is 0 Å². The molecule has 0 unspecified atom stereocenters. The Labute approximate surface area is 213 Å². The van der Waals surface area contributed by atoms with E-state index in [0.717, 1.165) is 27.8 Å². The molecule has 0 spiro atoms. The summed E-state index contributed by atoms with van der Waals surface area (Å²) >= 11 is 0. The summed E-state index contributed by atoms with van der Waals surface area (Å²) in [6.45, 7) is 10.8. The van der Waals surface area contributed by atoms with E-state index < -0.39 is 0 Å². The first-order valence-electron chi connectivity index (χ1n) is 11.5. The molecule has 0 saturated carbocycles. The molecule has 0 amide bonds. The van der Waals surface area contributed by atoms with Crippen molar-refractivity contribution in [2.45, 2.75) is 40.0 Å². The van der Waals surface area contributed by atoms with Crippen LogP contribution < -0.4 is 0 Å². The Hall–Kier alpha value is -3.00. The van der Waals surface area contributed by atoms with E-state index in [0.29, 0.717) is 0 Å². The smallest absolute Gasteiger partial charge is 0.190 e. The second kappa shape index (κ2) is 8.04. The molecule has 171 valence electrons. The minimum atomic E-state index is -0.188. The van der Waals surface area contributed by atoms with Crippen molar-refractivity contribution in [1.29, 1.82) is 0 Å². The molecule has 0 aliphatic rings. The molecule has 3 heteroatoms. The van der Waals surface area contributed by atoms with Crippen LogP contribution in [-0.4, -0.2) is 4.98 Å². The van der Waals surface area contributed by atoms with Crippen LogP contribution in [0, 0.1) is 19.9 Å². The molecule has 0 N–H and O–H groups in total. The summed E-state index contributed by atoms with van der Waals surface area (Å²) < 4.78 is 6.52. The van der Waals surface area contributed by atoms with Crippen molar-refractivity contribution < 1.29 is 24.5 Å². The Kier molecular flexibility index (Phi) is 5.39. The van der Waals surface area contributed by atoms with Gasteiger partial charge in [-0.15, -0.1) is 23.6 Å². The van der Waals surface area contributed by atoms with Gasteiger partial charge in [0.15, 0.2) is 5.89 Å². The van der Waals surface area contributed by atoms with Gasteiger partial charge in [-0.1, -0.05) is 86.3 Å². The molecular weight excluding hydrogens is 595 g/mol. The summed E-state index contributed by atoms with van der Waals surface area (Å²) in [5.41, 5.74) is 6.61. The van der Waals surface area contributed by atoms with Crippen molar-refractivity contribution in [2.24, 2.45) is 0 Å². The third kappa shape index (κ3) is 3.30. The average Bonchev–Trinajstić information content (AvgIpc) is 3.25. The van der Waals surface area contributed by atoms with Gasteiger partial charge in [0, 0.05) is 36.4 Å². The van der Waals surface area contributed by atoms with E-state index in [-0.39, 0.29) is 25.5 Å². The Morgan fingerprint density at radius 1 is 0.794 bits per heavy atom. The van der Waals surface area contributed by atoms with E-state index in [1.807, 2.05) is 6.07 Å². The molecule has 0 aliphatic carbocycles. The minimum absolute atomic E-state index is 0. The number of rotatable bonds is 1. The van der Waals surface area contributed by atoms with E-state index in [2.05, 4.69) is 101 Å². The van der Waals surface area contributed by atoms with Gasteiger partial charge in [0.2, 0.25) is 0 Å². The predicted molar refractivity (Wildman–Crippen MR) is 139 cm³/mol. The molecule has 6 aromatic rings. The van der Waals surface area contributed by atoms with Crippen molar-refractivity contribution in [2.75, 3.05) is 0 Å². The van der Waals surface area contributed by atoms with Gasteiger partial charge in [0.1, 0.15) is 5.58 Å². The largest absolute Gasteiger partial charge is 0.450 e. The van der Waals surface area contributed by atoms with Crippen molar-refractivity contribution in [1.82, 2.24) is 4.98 Å². The van der Waals surface area contributed by atoms with Crippen molar-refractivity contribution in [3.05, 3.63) is 89.8 Å². The quantitative estimate of drug-likeness (QED) is 0.136. The third-order valence-corrected chi connectivity index (χ3v) is 6.68. The molecule has 0 atom stereocenters. The van der Waals surface area contributed by atoms with Crippen LogP contribution in [0.3, 0.4) is 0 Å². The van der Waals surface area contributed by atoms with Crippen LogP contribution >= 0.6 is 0 Å². The van der Waals surface area contributed by atoms with Crippen molar-refractivity contribution in [3.8, 4) is 11.1 Å². The molecule has 0 fully saturated rings. The van der Waals surface area contributed by atoms with Crippen LogP contribution in [0.15, 0.2) is 71.1 Å². The number of oxazole rings is 1. The molecule has 1 radical (unpaired) electrons. The number of benzene rings is 5. The Morgan fingerprint density at radius 2 is 1.53 bits per heavy atom. The molecule has 0 bridgehead atoms. The average molecular weight is 621 g/mol. The number of nitrogens with zero attached hydrogens (tertiary/aromatic N) is 1. The third-order valence-electron chi connectivity index (χ3n) is 6.68. The first-order valence-corrected chi connectivity index (χ1v) is 11.5. The van der Waals surface area contributed by atoms with E-state index >= 15 is 0 Å². The molecule has 1 heterocycles. The number of aryl methyl sites for hydroxylation is 2. The number of hydrogen-bond acceptors (Lipinski definition) is 2. The van der Waals surface area contributed by atoms with Gasteiger partial charge >= 0.3 is 0 Å². The van der Waals surface area contributed by atoms with Crippen LogP contribution in [0.25, 0.3) is 54.5 Å². The van der Waals surface area contributed by atoms with E-state index in [9.17, 15) is 0 Å². The first kappa shape index (κ1) is 22.8. The normalized spacial score (nSPS) is 12.0. The predicted octanol–water partition coefficient (Wildman–Crippen LogP) is 8.67. The molecule has 0 aliphatic heterocycles. The van der Waals surface area contributed by atoms with E-state index in [1.54, 1.807) is 0 Å². The summed E-state index contributed by atoms with van der Waals surface area (Å²) in [4.78, 5) is 5.05. The number of hydrogen-bond donors (Lipinski definition) is 0. The molecular formula is C31H26IrNO-. The second-order valence-corrected chi connectivity index (χ2v) is 10.1. The zero-order valence-electron chi connectivity index (χ0n) is 20.0. The van der Waals surface area contributed by atoms with E-state index in [4.69, 9.17) is 9.40 Å². The molecule has 1 aromatic heterocycles. The van der Waals surface area contributed by atoms with Crippen LogP contribution in [0.1, 0.15) is 37.8 Å². The minimum Gasteiger partial charge on any atom is -0.450 e. The Bertz CT molecular complexity index is 1700. The fourth-order valence-electron chi connectivity index (χ4n) is 5.12. The zero-order valence-corrected chi connectivity index (χ0v) is 22.4. The molecule has 5 aromatic carbocycles. The summed E-state index contributed by atoms with van der Waals surface area (Å²) in [5, 5.41) is 6.92. The van der Waals surface area contributed by atoms with Gasteiger partial charge in [-0.2, -0.15) is 0 Å². The van der Waals surface area contributed by atoms with Gasteiger partial charge in [0.25, 0.3) is 0 Å². The fourth-order valence-corrected chi connectivity index (χ4v) is 5.12. The van der Waals surface area contributed by atoms with Crippen molar-refractivity contribution in [3.63, 3.8) is 0 Å². The molecule has 2 nitrogen and oxygen atoms in total. The topological polar surface area (TPSA) is 26.0 Å². The Morgan fingerprint density at radius 3 is 2.26 bits per heavy atom. The maximum absolute atomic E-state index is 6.52.